The van der Waals surface area contributed by atoms with Gasteiger partial charge in [0.1, 0.15) is 0 Å². The van der Waals surface area contributed by atoms with Crippen molar-refractivity contribution in [3.8, 4) is 16.8 Å². The molecular weight excluding hydrogens is 1010 g/mol. The van der Waals surface area contributed by atoms with Crippen LogP contribution in [0.5, 0.6) is 0 Å². The molecule has 3 aromatic heterocycles. The highest BCUT2D eigenvalue weighted by atomic mass is 32.1. The van der Waals surface area contributed by atoms with Crippen LogP contribution in [0.4, 0.5) is 34.1 Å². The van der Waals surface area contributed by atoms with Gasteiger partial charge in [0, 0.05) is 85.0 Å². The van der Waals surface area contributed by atoms with Gasteiger partial charge in [-0.15, -0.1) is 22.7 Å². The molecule has 0 fully saturated rings. The van der Waals surface area contributed by atoms with Crippen LogP contribution < -0.4 is 9.80 Å². The monoisotopic (exact) mass is 1060 g/mol. The van der Waals surface area contributed by atoms with Crippen LogP contribution in [0.2, 0.25) is 0 Å². The number of para-hydroxylation sites is 5. The SMILES string of the molecule is CC(C)(C)c1ccc(N(c2ccccc2)c2cc3c(c4sc5ccccc5c24)-c2c(cc(N(c4ccccc4)c4ccc(C(C)(C)C)cc4)c4c2sc2ccccc24)C32c3ccccc3-n3c4ccccc4c4cccc2c43)cc1. The van der Waals surface area contributed by atoms with Gasteiger partial charge in [-0.05, 0) is 129 Å². The first-order valence-electron chi connectivity index (χ1n) is 28.0. The molecule has 1 aliphatic heterocycles. The van der Waals surface area contributed by atoms with Crippen molar-refractivity contribution in [3.63, 3.8) is 0 Å². The van der Waals surface area contributed by atoms with Crippen LogP contribution in [0, 0.1) is 0 Å². The molecule has 14 aromatic rings. The van der Waals surface area contributed by atoms with E-state index in [0.717, 1.165) is 22.7 Å². The highest BCUT2D eigenvalue weighted by Crippen LogP contribution is 2.68. The van der Waals surface area contributed by atoms with Crippen LogP contribution in [0.25, 0.3) is 79.0 Å². The lowest BCUT2D eigenvalue weighted by atomic mass is 9.65. The van der Waals surface area contributed by atoms with Gasteiger partial charge >= 0.3 is 0 Å². The van der Waals surface area contributed by atoms with Gasteiger partial charge in [-0.3, -0.25) is 0 Å². The zero-order valence-electron chi connectivity index (χ0n) is 45.7. The Bertz CT molecular complexity index is 4610. The minimum absolute atomic E-state index is 0.000722. The molecule has 1 spiro atoms. The molecule has 4 heterocycles. The van der Waals surface area contributed by atoms with Gasteiger partial charge in [0.25, 0.3) is 0 Å². The van der Waals surface area contributed by atoms with Gasteiger partial charge in [-0.2, -0.15) is 0 Å². The topological polar surface area (TPSA) is 11.4 Å². The molecule has 0 unspecified atom stereocenters. The minimum atomic E-state index is -0.791. The molecule has 0 saturated heterocycles. The van der Waals surface area contributed by atoms with Crippen LogP contribution in [-0.2, 0) is 16.2 Å². The Hall–Kier alpha value is -8.74. The Balaban J connectivity index is 1.13. The normalized spacial score (nSPS) is 13.5. The average molecular weight is 1060 g/mol. The Morgan fingerprint density at radius 2 is 0.775 bits per heavy atom. The van der Waals surface area contributed by atoms with Crippen molar-refractivity contribution in [1.29, 1.82) is 0 Å². The van der Waals surface area contributed by atoms with Crippen LogP contribution in [-0.4, -0.2) is 4.57 Å². The summed E-state index contributed by atoms with van der Waals surface area (Å²) in [6.07, 6.45) is 0. The molecule has 0 amide bonds. The second kappa shape index (κ2) is 17.1. The number of aromatic nitrogens is 1. The Labute approximate surface area is 474 Å². The smallest absolute Gasteiger partial charge is 0.0757 e. The van der Waals surface area contributed by atoms with Crippen LogP contribution in [0.15, 0.2) is 237 Å². The third-order valence-electron chi connectivity index (χ3n) is 17.5. The summed E-state index contributed by atoms with van der Waals surface area (Å²) < 4.78 is 7.75. The highest BCUT2D eigenvalue weighted by Gasteiger charge is 2.53. The number of hydrogen-bond donors (Lipinski definition) is 0. The molecule has 3 nitrogen and oxygen atoms in total. The van der Waals surface area contributed by atoms with E-state index in [1.54, 1.807) is 0 Å². The van der Waals surface area contributed by atoms with Crippen molar-refractivity contribution in [2.45, 2.75) is 57.8 Å². The van der Waals surface area contributed by atoms with Crippen molar-refractivity contribution in [2.75, 3.05) is 9.80 Å². The summed E-state index contributed by atoms with van der Waals surface area (Å²) in [6, 6.07) is 90.0. The molecule has 0 bridgehead atoms. The van der Waals surface area contributed by atoms with Crippen molar-refractivity contribution in [3.05, 3.63) is 270 Å². The predicted molar refractivity (Wildman–Crippen MR) is 344 cm³/mol. The molecule has 11 aromatic carbocycles. The predicted octanol–water partition coefficient (Wildman–Crippen LogP) is 21.7. The fourth-order valence-electron chi connectivity index (χ4n) is 13.9. The van der Waals surface area contributed by atoms with Gasteiger partial charge in [0.05, 0.1) is 33.5 Å². The molecule has 0 atom stereocenters. The largest absolute Gasteiger partial charge is 0.310 e. The first kappa shape index (κ1) is 47.3. The van der Waals surface area contributed by atoms with Gasteiger partial charge in [-0.1, -0.05) is 193 Å². The number of anilines is 6. The van der Waals surface area contributed by atoms with E-state index in [1.165, 1.54) is 124 Å². The number of nitrogens with zero attached hydrogens (tertiary/aromatic N) is 3. The number of thiophene rings is 2. The zero-order valence-corrected chi connectivity index (χ0v) is 47.3. The summed E-state index contributed by atoms with van der Waals surface area (Å²) in [7, 11) is 0. The van der Waals surface area contributed by atoms with E-state index in [0.29, 0.717) is 0 Å². The van der Waals surface area contributed by atoms with E-state index in [9.17, 15) is 0 Å². The van der Waals surface area contributed by atoms with E-state index in [-0.39, 0.29) is 10.8 Å². The van der Waals surface area contributed by atoms with Gasteiger partial charge in [0.2, 0.25) is 0 Å². The molecular formula is C75H57N3S2. The highest BCUT2D eigenvalue weighted by molar-refractivity contribution is 7.27. The second-order valence-electron chi connectivity index (χ2n) is 24.0. The molecule has 5 heteroatoms. The van der Waals surface area contributed by atoms with E-state index in [4.69, 9.17) is 0 Å². The fraction of sp³-hybridized carbons (Fsp3) is 0.120. The molecule has 0 N–H and O–H groups in total. The summed E-state index contributed by atoms with van der Waals surface area (Å²) in [4.78, 5) is 5.10. The molecule has 1 aliphatic carbocycles. The van der Waals surface area contributed by atoms with Crippen molar-refractivity contribution >= 4 is 119 Å². The summed E-state index contributed by atoms with van der Waals surface area (Å²) in [5.41, 5.74) is 20.2. The summed E-state index contributed by atoms with van der Waals surface area (Å²) in [6.45, 7) is 13.8. The molecule has 0 radical (unpaired) electrons. The van der Waals surface area contributed by atoms with Crippen molar-refractivity contribution in [2.24, 2.45) is 0 Å². The number of hydrogen-bond acceptors (Lipinski definition) is 4. The second-order valence-corrected chi connectivity index (χ2v) is 26.1. The molecule has 384 valence electrons. The van der Waals surface area contributed by atoms with Gasteiger partial charge < -0.3 is 14.4 Å². The first-order valence-corrected chi connectivity index (χ1v) is 29.6. The maximum absolute atomic E-state index is 2.65. The zero-order chi connectivity index (χ0) is 53.8. The molecule has 80 heavy (non-hydrogen) atoms. The van der Waals surface area contributed by atoms with Crippen LogP contribution in [0.1, 0.15) is 74.9 Å². The molecule has 16 rings (SSSR count). The molecule has 0 saturated carbocycles. The lowest BCUT2D eigenvalue weighted by Crippen LogP contribution is -2.33. The summed E-state index contributed by atoms with van der Waals surface area (Å²) in [5, 5.41) is 7.61. The van der Waals surface area contributed by atoms with Crippen LogP contribution >= 0.6 is 22.7 Å². The lowest BCUT2D eigenvalue weighted by molar-refractivity contribution is 0.590. The Morgan fingerprint density at radius 1 is 0.362 bits per heavy atom. The van der Waals surface area contributed by atoms with E-state index >= 15 is 0 Å². The maximum atomic E-state index is 2.65. The Morgan fingerprint density at radius 3 is 1.29 bits per heavy atom. The standard InChI is InChI=1S/C75H57N3S2/c1-73(2,3)46-36-40-50(41-37-46)76(48-22-9-7-10-23-48)62-44-58-68(71-66(62)54-27-14-19-34-64(54)79-71)69-59(75(58)56-30-16-18-33-61(56)78-60-32-17-13-26-52(60)53-29-21-31-57(75)70(53)78)45-63(67-55-28-15-20-35-65(55)80-72(67)69)77(49-24-11-8-12-25-49)51-42-38-47(39-43-51)74(4,5)6/h7-45H,1-6H3. The van der Waals surface area contributed by atoms with Crippen molar-refractivity contribution in [1.82, 2.24) is 4.57 Å². The number of rotatable bonds is 6. The third kappa shape index (κ3) is 6.59. The third-order valence-corrected chi connectivity index (χ3v) is 19.8. The summed E-state index contributed by atoms with van der Waals surface area (Å²) >= 11 is 3.91. The van der Waals surface area contributed by atoms with E-state index in [2.05, 4.69) is 292 Å². The van der Waals surface area contributed by atoms with Crippen LogP contribution in [0.3, 0.4) is 0 Å². The number of fused-ring (bicyclic) bond motifs is 20. The first-order chi connectivity index (χ1) is 39.0. The van der Waals surface area contributed by atoms with E-state index < -0.39 is 5.41 Å². The molecule has 2 aliphatic rings. The number of benzene rings is 11. The maximum Gasteiger partial charge on any atom is 0.0757 e. The van der Waals surface area contributed by atoms with E-state index in [1.807, 2.05) is 22.7 Å². The Kier molecular flexibility index (Phi) is 10.1. The minimum Gasteiger partial charge on any atom is -0.310 e. The summed E-state index contributed by atoms with van der Waals surface area (Å²) in [5.74, 6) is 0. The van der Waals surface area contributed by atoms with Gasteiger partial charge in [0.15, 0.2) is 0 Å². The van der Waals surface area contributed by atoms with Gasteiger partial charge in [-0.25, -0.2) is 0 Å². The lowest BCUT2D eigenvalue weighted by Gasteiger charge is -2.40. The fourth-order valence-corrected chi connectivity index (χ4v) is 16.4. The van der Waals surface area contributed by atoms with Crippen molar-refractivity contribution < 1.29 is 0 Å². The quantitative estimate of drug-likeness (QED) is 0.164. The average Bonchev–Trinajstić information content (AvgIpc) is 4.45.